The number of aromatic nitrogens is 1. The molecule has 130 valence electrons. The highest BCUT2D eigenvalue weighted by atomic mass is 32.2. The molecular weight excluding hydrogens is 346 g/mol. The molecule has 6 nitrogen and oxygen atoms in total. The van der Waals surface area contributed by atoms with E-state index >= 15 is 0 Å². The molecule has 2 heterocycles. The van der Waals surface area contributed by atoms with Crippen LogP contribution in [0.15, 0.2) is 35.2 Å². The molecule has 0 spiro atoms. The van der Waals surface area contributed by atoms with Gasteiger partial charge in [-0.25, -0.2) is 4.98 Å². The molecule has 1 aliphatic rings. The maximum atomic E-state index is 12.6. The first-order valence-electron chi connectivity index (χ1n) is 7.91. The van der Waals surface area contributed by atoms with Crippen LogP contribution in [-0.2, 0) is 16.8 Å². The van der Waals surface area contributed by atoms with Crippen molar-refractivity contribution in [2.75, 3.05) is 17.8 Å². The predicted molar refractivity (Wildman–Crippen MR) is 95.4 cm³/mol. The Labute approximate surface area is 146 Å². The third-order valence-electron chi connectivity index (χ3n) is 3.94. The summed E-state index contributed by atoms with van der Waals surface area (Å²) in [5.41, 5.74) is 3.01. The van der Waals surface area contributed by atoms with Crippen LogP contribution in [0.2, 0.25) is 0 Å². The van der Waals surface area contributed by atoms with Crippen molar-refractivity contribution in [3.63, 3.8) is 0 Å². The maximum Gasteiger partial charge on any atom is 0.301 e. The van der Waals surface area contributed by atoms with Crippen LogP contribution >= 0.6 is 11.3 Å². The molecule has 1 fully saturated rings. The molecule has 0 saturated carbocycles. The van der Waals surface area contributed by atoms with Gasteiger partial charge in [-0.05, 0) is 30.9 Å². The third-order valence-corrected chi connectivity index (χ3v) is 6.07. The van der Waals surface area contributed by atoms with Crippen LogP contribution in [0.3, 0.4) is 0 Å². The van der Waals surface area contributed by atoms with Crippen molar-refractivity contribution in [1.29, 1.82) is 0 Å². The standard InChI is InChI=1S/C16H21N3O3S2/c1-13-5-4-8-19(9-13)24(20,21)18-15-6-2-3-7-16(15)22-10-14-11-23-12-17-14/h2-3,6-7,11-13,18H,4-5,8-10H2,1H3/t13-/m0/s1. The average Bonchev–Trinajstić information content (AvgIpc) is 3.07. The SMILES string of the molecule is C[C@H]1CCCN(S(=O)(=O)Nc2ccccc2OCc2cscn2)C1. The number of anilines is 1. The van der Waals surface area contributed by atoms with Gasteiger partial charge in [-0.3, -0.25) is 4.72 Å². The number of thiazole rings is 1. The van der Waals surface area contributed by atoms with E-state index in [1.165, 1.54) is 15.6 Å². The number of hydrogen-bond acceptors (Lipinski definition) is 5. The van der Waals surface area contributed by atoms with Crippen LogP contribution in [0.25, 0.3) is 0 Å². The van der Waals surface area contributed by atoms with Gasteiger partial charge in [0.05, 0.1) is 16.9 Å². The van der Waals surface area contributed by atoms with E-state index in [0.29, 0.717) is 37.1 Å². The molecule has 0 amide bonds. The van der Waals surface area contributed by atoms with Gasteiger partial charge in [-0.15, -0.1) is 11.3 Å². The van der Waals surface area contributed by atoms with Gasteiger partial charge < -0.3 is 4.74 Å². The number of nitrogens with one attached hydrogen (secondary N) is 1. The first-order valence-corrected chi connectivity index (χ1v) is 10.3. The van der Waals surface area contributed by atoms with Crippen molar-refractivity contribution in [3.8, 4) is 5.75 Å². The highest BCUT2D eigenvalue weighted by Gasteiger charge is 2.27. The number of nitrogens with zero attached hydrogens (tertiary/aromatic N) is 2. The van der Waals surface area contributed by atoms with Crippen LogP contribution in [0.1, 0.15) is 25.5 Å². The Morgan fingerprint density at radius 3 is 3.00 bits per heavy atom. The Balaban J connectivity index is 1.72. The van der Waals surface area contributed by atoms with Crippen LogP contribution in [0.4, 0.5) is 5.69 Å². The second-order valence-electron chi connectivity index (χ2n) is 5.98. The molecule has 1 aromatic heterocycles. The van der Waals surface area contributed by atoms with Crippen LogP contribution < -0.4 is 9.46 Å². The molecule has 0 unspecified atom stereocenters. The van der Waals surface area contributed by atoms with Gasteiger partial charge in [0, 0.05) is 18.5 Å². The fraction of sp³-hybridized carbons (Fsp3) is 0.438. The number of benzene rings is 1. The average molecular weight is 367 g/mol. The Kier molecular flexibility index (Phi) is 5.37. The molecular formula is C16H21N3O3S2. The Morgan fingerprint density at radius 2 is 2.25 bits per heavy atom. The van der Waals surface area contributed by atoms with Gasteiger partial charge in [-0.2, -0.15) is 12.7 Å². The summed E-state index contributed by atoms with van der Waals surface area (Å²) in [4.78, 5) is 4.16. The largest absolute Gasteiger partial charge is 0.485 e. The lowest BCUT2D eigenvalue weighted by Crippen LogP contribution is -2.42. The smallest absolute Gasteiger partial charge is 0.301 e. The monoisotopic (exact) mass is 367 g/mol. The number of rotatable bonds is 6. The molecule has 2 aromatic rings. The highest BCUT2D eigenvalue weighted by molar-refractivity contribution is 7.90. The quantitative estimate of drug-likeness (QED) is 0.851. The van der Waals surface area contributed by atoms with E-state index in [-0.39, 0.29) is 0 Å². The lowest BCUT2D eigenvalue weighted by molar-refractivity contribution is 0.282. The van der Waals surface area contributed by atoms with Crippen molar-refractivity contribution in [3.05, 3.63) is 40.8 Å². The molecule has 3 rings (SSSR count). The Hall–Kier alpha value is -1.64. The lowest BCUT2D eigenvalue weighted by atomic mass is 10.0. The van der Waals surface area contributed by atoms with Crippen molar-refractivity contribution in [2.45, 2.75) is 26.4 Å². The Bertz CT molecular complexity index is 763. The van der Waals surface area contributed by atoms with Crippen LogP contribution in [0.5, 0.6) is 5.75 Å². The van der Waals surface area contributed by atoms with Crippen molar-refractivity contribution < 1.29 is 13.2 Å². The zero-order valence-corrected chi connectivity index (χ0v) is 15.1. The van der Waals surface area contributed by atoms with Gasteiger partial charge in [0.15, 0.2) is 0 Å². The summed E-state index contributed by atoms with van der Waals surface area (Å²) in [6.07, 6.45) is 1.96. The fourth-order valence-electron chi connectivity index (χ4n) is 2.71. The van der Waals surface area contributed by atoms with Gasteiger partial charge in [0.25, 0.3) is 0 Å². The lowest BCUT2D eigenvalue weighted by Gasteiger charge is -2.30. The molecule has 1 saturated heterocycles. The summed E-state index contributed by atoms with van der Waals surface area (Å²) in [5, 5.41) is 1.90. The van der Waals surface area contributed by atoms with Crippen LogP contribution in [-0.4, -0.2) is 30.8 Å². The fourth-order valence-corrected chi connectivity index (χ4v) is 4.64. The minimum atomic E-state index is -3.57. The van der Waals surface area contributed by atoms with E-state index in [1.807, 2.05) is 11.4 Å². The molecule has 24 heavy (non-hydrogen) atoms. The zero-order chi connectivity index (χ0) is 17.0. The molecule has 0 bridgehead atoms. The third kappa shape index (κ3) is 4.25. The minimum absolute atomic E-state index is 0.309. The second kappa shape index (κ2) is 7.50. The van der Waals surface area contributed by atoms with Gasteiger partial charge in [0.2, 0.25) is 0 Å². The first kappa shape index (κ1) is 17.2. The molecule has 1 aliphatic heterocycles. The molecule has 8 heteroatoms. The van der Waals surface area contributed by atoms with E-state index in [0.717, 1.165) is 18.5 Å². The van der Waals surface area contributed by atoms with Crippen molar-refractivity contribution >= 4 is 27.2 Å². The van der Waals surface area contributed by atoms with Gasteiger partial charge in [0.1, 0.15) is 12.4 Å². The number of ether oxygens (including phenoxy) is 1. The number of hydrogen-bond donors (Lipinski definition) is 1. The summed E-state index contributed by atoms with van der Waals surface area (Å²) in [6.45, 7) is 3.49. The topological polar surface area (TPSA) is 71.5 Å². The van der Waals surface area contributed by atoms with E-state index in [4.69, 9.17) is 4.74 Å². The van der Waals surface area contributed by atoms with Crippen LogP contribution in [0, 0.1) is 5.92 Å². The van der Waals surface area contributed by atoms with Gasteiger partial charge >= 0.3 is 10.2 Å². The Morgan fingerprint density at radius 1 is 1.42 bits per heavy atom. The molecule has 0 radical (unpaired) electrons. The summed E-state index contributed by atoms with van der Waals surface area (Å²) >= 11 is 1.50. The number of para-hydroxylation sites is 2. The zero-order valence-electron chi connectivity index (χ0n) is 13.5. The highest BCUT2D eigenvalue weighted by Crippen LogP contribution is 2.27. The van der Waals surface area contributed by atoms with Crippen molar-refractivity contribution in [2.24, 2.45) is 5.92 Å². The molecule has 1 atom stereocenters. The summed E-state index contributed by atoms with van der Waals surface area (Å²) in [7, 11) is -3.57. The molecule has 1 N–H and O–H groups in total. The van der Waals surface area contributed by atoms with E-state index in [1.54, 1.807) is 23.7 Å². The minimum Gasteiger partial charge on any atom is -0.485 e. The van der Waals surface area contributed by atoms with E-state index < -0.39 is 10.2 Å². The molecule has 0 aliphatic carbocycles. The summed E-state index contributed by atoms with van der Waals surface area (Å²) < 4.78 is 35.2. The van der Waals surface area contributed by atoms with Gasteiger partial charge in [-0.1, -0.05) is 19.1 Å². The van der Waals surface area contributed by atoms with E-state index in [2.05, 4.69) is 16.6 Å². The number of piperidine rings is 1. The molecule has 1 aromatic carbocycles. The van der Waals surface area contributed by atoms with Crippen molar-refractivity contribution in [1.82, 2.24) is 9.29 Å². The summed E-state index contributed by atoms with van der Waals surface area (Å²) in [6, 6.07) is 7.06. The maximum absolute atomic E-state index is 12.6. The second-order valence-corrected chi connectivity index (χ2v) is 8.37. The summed E-state index contributed by atoms with van der Waals surface area (Å²) in [5.74, 6) is 0.880. The van der Waals surface area contributed by atoms with E-state index in [9.17, 15) is 8.42 Å². The first-order chi connectivity index (χ1) is 11.5. The normalized spacial score (nSPS) is 19.1. The predicted octanol–water partition coefficient (Wildman–Crippen LogP) is 3.11.